The summed E-state index contributed by atoms with van der Waals surface area (Å²) in [7, 11) is 0. The quantitative estimate of drug-likeness (QED) is 0.927. The van der Waals surface area contributed by atoms with E-state index >= 15 is 0 Å². The minimum atomic E-state index is 0.149. The molecule has 0 aliphatic carbocycles. The van der Waals surface area contributed by atoms with E-state index in [2.05, 4.69) is 31.3 Å². The van der Waals surface area contributed by atoms with Crippen LogP contribution in [-0.4, -0.2) is 43.1 Å². The minimum absolute atomic E-state index is 0.149. The SMILES string of the molecule is Cc1ccc(OC2CCN(C(=O)C(C)C3CNC3)CC2)cc1. The zero-order valence-electron chi connectivity index (χ0n) is 13.5. The monoisotopic (exact) mass is 302 g/mol. The number of ether oxygens (including phenoxy) is 1. The van der Waals surface area contributed by atoms with Gasteiger partial charge < -0.3 is 15.0 Å². The van der Waals surface area contributed by atoms with Crippen molar-refractivity contribution in [1.82, 2.24) is 10.2 Å². The number of rotatable bonds is 4. The van der Waals surface area contributed by atoms with Crippen LogP contribution in [0.1, 0.15) is 25.3 Å². The second-order valence-electron chi connectivity index (χ2n) is 6.66. The number of nitrogens with one attached hydrogen (secondary N) is 1. The van der Waals surface area contributed by atoms with Crippen LogP contribution in [0.4, 0.5) is 0 Å². The lowest BCUT2D eigenvalue weighted by Gasteiger charge is -2.38. The second kappa shape index (κ2) is 6.69. The minimum Gasteiger partial charge on any atom is -0.490 e. The molecule has 3 rings (SSSR count). The van der Waals surface area contributed by atoms with E-state index in [4.69, 9.17) is 4.74 Å². The Hall–Kier alpha value is -1.55. The summed E-state index contributed by atoms with van der Waals surface area (Å²) >= 11 is 0. The van der Waals surface area contributed by atoms with Crippen LogP contribution in [-0.2, 0) is 4.79 Å². The number of nitrogens with zero attached hydrogens (tertiary/aromatic N) is 1. The molecule has 1 aromatic rings. The molecule has 120 valence electrons. The summed E-state index contributed by atoms with van der Waals surface area (Å²) in [6, 6.07) is 8.20. The van der Waals surface area contributed by atoms with E-state index < -0.39 is 0 Å². The molecule has 2 aliphatic heterocycles. The number of piperidine rings is 1. The Bertz CT molecular complexity index is 502. The van der Waals surface area contributed by atoms with Gasteiger partial charge in [0, 0.05) is 31.8 Å². The van der Waals surface area contributed by atoms with Crippen LogP contribution < -0.4 is 10.1 Å². The molecule has 2 aliphatic rings. The summed E-state index contributed by atoms with van der Waals surface area (Å²) in [6.07, 6.45) is 2.08. The van der Waals surface area contributed by atoms with Gasteiger partial charge in [-0.15, -0.1) is 0 Å². The molecule has 0 bridgehead atoms. The summed E-state index contributed by atoms with van der Waals surface area (Å²) in [5.41, 5.74) is 1.24. The normalized spacial score (nSPS) is 21.3. The Morgan fingerprint density at radius 1 is 1.23 bits per heavy atom. The van der Waals surface area contributed by atoms with Gasteiger partial charge >= 0.3 is 0 Å². The molecule has 0 spiro atoms. The lowest BCUT2D eigenvalue weighted by atomic mass is 9.87. The Labute approximate surface area is 132 Å². The Morgan fingerprint density at radius 2 is 1.86 bits per heavy atom. The van der Waals surface area contributed by atoms with Crippen LogP contribution in [0.3, 0.4) is 0 Å². The van der Waals surface area contributed by atoms with Crippen molar-refractivity contribution in [3.63, 3.8) is 0 Å². The summed E-state index contributed by atoms with van der Waals surface area (Å²) in [4.78, 5) is 14.5. The van der Waals surface area contributed by atoms with Gasteiger partial charge in [-0.25, -0.2) is 0 Å². The van der Waals surface area contributed by atoms with Crippen LogP contribution in [0, 0.1) is 18.8 Å². The van der Waals surface area contributed by atoms with Crippen molar-refractivity contribution in [1.29, 1.82) is 0 Å². The first-order valence-corrected chi connectivity index (χ1v) is 8.36. The van der Waals surface area contributed by atoms with Crippen LogP contribution in [0.5, 0.6) is 5.75 Å². The Morgan fingerprint density at radius 3 is 2.41 bits per heavy atom. The second-order valence-corrected chi connectivity index (χ2v) is 6.66. The highest BCUT2D eigenvalue weighted by Gasteiger charge is 2.33. The molecule has 0 saturated carbocycles. The zero-order chi connectivity index (χ0) is 15.5. The molecule has 2 heterocycles. The van der Waals surface area contributed by atoms with Gasteiger partial charge in [0.25, 0.3) is 0 Å². The predicted molar refractivity (Wildman–Crippen MR) is 86.9 cm³/mol. The van der Waals surface area contributed by atoms with E-state index in [1.165, 1.54) is 5.56 Å². The third-order valence-electron chi connectivity index (χ3n) is 4.99. The number of hydrogen-bond acceptors (Lipinski definition) is 3. The average molecular weight is 302 g/mol. The van der Waals surface area contributed by atoms with Gasteiger partial charge in [-0.2, -0.15) is 0 Å². The number of hydrogen-bond donors (Lipinski definition) is 1. The maximum absolute atomic E-state index is 12.5. The van der Waals surface area contributed by atoms with Crippen LogP contribution in [0.25, 0.3) is 0 Å². The van der Waals surface area contributed by atoms with Crippen LogP contribution in [0.15, 0.2) is 24.3 Å². The summed E-state index contributed by atoms with van der Waals surface area (Å²) in [5, 5.41) is 3.25. The lowest BCUT2D eigenvalue weighted by molar-refractivity contribution is -0.139. The topological polar surface area (TPSA) is 41.6 Å². The van der Waals surface area contributed by atoms with Crippen molar-refractivity contribution in [2.45, 2.75) is 32.8 Å². The smallest absolute Gasteiger partial charge is 0.225 e. The molecule has 0 radical (unpaired) electrons. The maximum Gasteiger partial charge on any atom is 0.225 e. The number of benzene rings is 1. The van der Waals surface area contributed by atoms with Crippen LogP contribution in [0.2, 0.25) is 0 Å². The highest BCUT2D eigenvalue weighted by atomic mass is 16.5. The largest absolute Gasteiger partial charge is 0.490 e. The summed E-state index contributed by atoms with van der Waals surface area (Å²) < 4.78 is 6.03. The van der Waals surface area contributed by atoms with Crippen molar-refractivity contribution < 1.29 is 9.53 Å². The third-order valence-corrected chi connectivity index (χ3v) is 4.99. The fourth-order valence-corrected chi connectivity index (χ4v) is 3.16. The van der Waals surface area contributed by atoms with E-state index in [0.29, 0.717) is 11.8 Å². The van der Waals surface area contributed by atoms with Gasteiger partial charge in [-0.1, -0.05) is 24.6 Å². The Balaban J connectivity index is 1.47. The van der Waals surface area contributed by atoms with E-state index in [9.17, 15) is 4.79 Å². The molecule has 2 saturated heterocycles. The zero-order valence-corrected chi connectivity index (χ0v) is 13.5. The standard InChI is InChI=1S/C18H26N2O2/c1-13-3-5-16(6-4-13)22-17-7-9-20(10-8-17)18(21)14(2)15-11-19-12-15/h3-6,14-15,17,19H,7-12H2,1-2H3. The van der Waals surface area contributed by atoms with Crippen molar-refractivity contribution in [2.24, 2.45) is 11.8 Å². The number of aryl methyl sites for hydroxylation is 1. The van der Waals surface area contributed by atoms with E-state index in [-0.39, 0.29) is 12.0 Å². The van der Waals surface area contributed by atoms with Gasteiger partial charge in [0.1, 0.15) is 11.9 Å². The molecule has 22 heavy (non-hydrogen) atoms. The lowest BCUT2D eigenvalue weighted by Crippen LogP contribution is -2.52. The first-order valence-electron chi connectivity index (χ1n) is 8.36. The molecule has 1 N–H and O–H groups in total. The number of amides is 1. The third kappa shape index (κ3) is 3.43. The van der Waals surface area contributed by atoms with Crippen molar-refractivity contribution in [3.05, 3.63) is 29.8 Å². The van der Waals surface area contributed by atoms with Gasteiger partial charge in [0.05, 0.1) is 0 Å². The maximum atomic E-state index is 12.5. The van der Waals surface area contributed by atoms with Gasteiger partial charge in [0.15, 0.2) is 0 Å². The molecule has 0 aromatic heterocycles. The number of carbonyl (C=O) groups excluding carboxylic acids is 1. The van der Waals surface area contributed by atoms with Gasteiger partial charge in [-0.05, 0) is 38.1 Å². The highest BCUT2D eigenvalue weighted by Crippen LogP contribution is 2.23. The first kappa shape index (κ1) is 15.3. The number of likely N-dealkylation sites (tertiary alicyclic amines) is 1. The first-order chi connectivity index (χ1) is 10.6. The summed E-state index contributed by atoms with van der Waals surface area (Å²) in [6.45, 7) is 7.76. The fourth-order valence-electron chi connectivity index (χ4n) is 3.16. The average Bonchev–Trinajstić information content (AvgIpc) is 2.48. The number of carbonyl (C=O) groups is 1. The summed E-state index contributed by atoms with van der Waals surface area (Å²) in [5.74, 6) is 1.93. The molecule has 1 unspecified atom stereocenters. The molecule has 4 nitrogen and oxygen atoms in total. The van der Waals surface area contributed by atoms with Gasteiger partial charge in [0.2, 0.25) is 5.91 Å². The molecular weight excluding hydrogens is 276 g/mol. The molecular formula is C18H26N2O2. The Kier molecular flexibility index (Phi) is 4.67. The molecule has 4 heteroatoms. The van der Waals surface area contributed by atoms with E-state index in [1.54, 1.807) is 0 Å². The molecule has 2 fully saturated rings. The molecule has 1 aromatic carbocycles. The van der Waals surface area contributed by atoms with Crippen molar-refractivity contribution >= 4 is 5.91 Å². The highest BCUT2D eigenvalue weighted by molar-refractivity contribution is 5.79. The van der Waals surface area contributed by atoms with Crippen LogP contribution >= 0.6 is 0 Å². The van der Waals surface area contributed by atoms with Crippen molar-refractivity contribution in [3.8, 4) is 5.75 Å². The van der Waals surface area contributed by atoms with Crippen molar-refractivity contribution in [2.75, 3.05) is 26.2 Å². The molecule has 1 amide bonds. The predicted octanol–water partition coefficient (Wildman–Crippen LogP) is 2.22. The van der Waals surface area contributed by atoms with E-state index in [0.717, 1.165) is 44.8 Å². The van der Waals surface area contributed by atoms with Gasteiger partial charge in [-0.3, -0.25) is 4.79 Å². The molecule has 1 atom stereocenters. The fraction of sp³-hybridized carbons (Fsp3) is 0.611. The van der Waals surface area contributed by atoms with E-state index in [1.807, 2.05) is 17.0 Å².